The number of ketones is 1. The van der Waals surface area contributed by atoms with E-state index in [4.69, 9.17) is 23.2 Å². The Kier molecular flexibility index (Phi) is 3.60. The van der Waals surface area contributed by atoms with Gasteiger partial charge in [0, 0.05) is 13.0 Å². The summed E-state index contributed by atoms with van der Waals surface area (Å²) in [5.74, 6) is 4.37. The van der Waals surface area contributed by atoms with Crippen molar-refractivity contribution in [1.82, 2.24) is 0 Å². The number of benzene rings is 1. The highest BCUT2D eigenvalue weighted by atomic mass is 35.5. The monoisotopic (exact) mass is 281 g/mol. The second-order valence-corrected chi connectivity index (χ2v) is 4.53. The van der Waals surface area contributed by atoms with Crippen LogP contribution in [-0.4, -0.2) is 18.2 Å². The Hall–Kier alpha value is -1.50. The number of rotatable bonds is 2. The summed E-state index contributed by atoms with van der Waals surface area (Å²) in [6, 6.07) is 3.09. The Balaban J connectivity index is 2.47. The first-order chi connectivity index (χ1) is 8.57. The molecule has 1 heterocycles. The van der Waals surface area contributed by atoms with Crippen LogP contribution in [0.5, 0.6) is 0 Å². The van der Waals surface area contributed by atoms with Gasteiger partial charge in [-0.3, -0.25) is 9.59 Å². The third-order valence-electron chi connectivity index (χ3n) is 2.65. The SMILES string of the molecule is CC#CCCN1C(=O)C(=O)c2c(Cl)ccc(Cl)c21. The molecule has 2 rings (SSSR count). The summed E-state index contributed by atoms with van der Waals surface area (Å²) in [4.78, 5) is 25.1. The molecule has 1 aliphatic rings. The van der Waals surface area contributed by atoms with Crippen molar-refractivity contribution in [1.29, 1.82) is 0 Å². The Morgan fingerprint density at radius 2 is 1.89 bits per heavy atom. The molecule has 0 N–H and O–H groups in total. The highest BCUT2D eigenvalue weighted by Gasteiger charge is 2.38. The van der Waals surface area contributed by atoms with E-state index in [-0.39, 0.29) is 10.6 Å². The summed E-state index contributed by atoms with van der Waals surface area (Å²) in [7, 11) is 0. The number of hydrogen-bond acceptors (Lipinski definition) is 2. The normalized spacial score (nSPS) is 13.4. The Morgan fingerprint density at radius 1 is 1.22 bits per heavy atom. The number of Topliss-reactive ketones (excluding diaryl/α,β-unsaturated/α-hetero) is 1. The van der Waals surface area contributed by atoms with Crippen LogP contribution < -0.4 is 4.90 Å². The lowest BCUT2D eigenvalue weighted by Crippen LogP contribution is -2.30. The standard InChI is InChI=1S/C13H9Cl2NO2/c1-2-3-4-7-16-11-9(15)6-5-8(14)10(11)12(17)13(16)18/h5-6H,4,7H2,1H3. The number of halogens is 2. The van der Waals surface area contributed by atoms with Crippen LogP contribution >= 0.6 is 23.2 Å². The zero-order chi connectivity index (χ0) is 13.3. The number of amides is 1. The van der Waals surface area contributed by atoms with Crippen LogP contribution in [-0.2, 0) is 4.79 Å². The smallest absolute Gasteiger partial charge is 0.299 e. The van der Waals surface area contributed by atoms with Crippen molar-refractivity contribution in [2.45, 2.75) is 13.3 Å². The van der Waals surface area contributed by atoms with Gasteiger partial charge in [-0.15, -0.1) is 11.8 Å². The molecule has 1 aromatic rings. The van der Waals surface area contributed by atoms with E-state index in [1.807, 2.05) is 0 Å². The van der Waals surface area contributed by atoms with E-state index in [9.17, 15) is 9.59 Å². The molecule has 0 unspecified atom stereocenters. The van der Waals surface area contributed by atoms with Gasteiger partial charge >= 0.3 is 0 Å². The highest BCUT2D eigenvalue weighted by molar-refractivity contribution is 6.56. The molecule has 18 heavy (non-hydrogen) atoms. The molecule has 1 aliphatic heterocycles. The number of nitrogens with zero attached hydrogens (tertiary/aromatic N) is 1. The van der Waals surface area contributed by atoms with E-state index < -0.39 is 11.7 Å². The summed E-state index contributed by atoms with van der Waals surface area (Å²) in [5, 5.41) is 0.592. The quantitative estimate of drug-likeness (QED) is 0.617. The van der Waals surface area contributed by atoms with Crippen LogP contribution in [0.25, 0.3) is 0 Å². The fourth-order valence-corrected chi connectivity index (χ4v) is 2.36. The molecule has 5 heteroatoms. The fourth-order valence-electron chi connectivity index (χ4n) is 1.86. The maximum Gasteiger partial charge on any atom is 0.299 e. The predicted octanol–water partition coefficient (Wildman–Crippen LogP) is 2.94. The largest absolute Gasteiger partial charge is 0.302 e. The van der Waals surface area contributed by atoms with Crippen molar-refractivity contribution in [3.05, 3.63) is 27.7 Å². The Labute approximate surface area is 115 Å². The van der Waals surface area contributed by atoms with Crippen molar-refractivity contribution in [3.63, 3.8) is 0 Å². The number of carbonyl (C=O) groups is 2. The molecule has 92 valence electrons. The molecule has 0 radical (unpaired) electrons. The van der Waals surface area contributed by atoms with Crippen molar-refractivity contribution >= 4 is 40.6 Å². The minimum absolute atomic E-state index is 0.193. The van der Waals surface area contributed by atoms with Gasteiger partial charge in [0.1, 0.15) is 0 Å². The highest BCUT2D eigenvalue weighted by Crippen LogP contribution is 2.39. The number of anilines is 1. The second kappa shape index (κ2) is 5.01. The molecule has 0 fully saturated rings. The number of hydrogen-bond donors (Lipinski definition) is 0. The molecule has 0 saturated heterocycles. The average molecular weight is 282 g/mol. The second-order valence-electron chi connectivity index (χ2n) is 3.72. The van der Waals surface area contributed by atoms with Crippen molar-refractivity contribution in [2.24, 2.45) is 0 Å². The maximum atomic E-state index is 11.9. The van der Waals surface area contributed by atoms with E-state index >= 15 is 0 Å². The van der Waals surface area contributed by atoms with Crippen LogP contribution in [0, 0.1) is 11.8 Å². The molecule has 1 amide bonds. The maximum absolute atomic E-state index is 11.9. The molecular formula is C13H9Cl2NO2. The molecular weight excluding hydrogens is 273 g/mol. The Morgan fingerprint density at radius 3 is 2.56 bits per heavy atom. The van der Waals surface area contributed by atoms with Gasteiger partial charge in [0.15, 0.2) is 0 Å². The summed E-state index contributed by atoms with van der Waals surface area (Å²) in [6.07, 6.45) is 0.484. The predicted molar refractivity (Wildman–Crippen MR) is 71.2 cm³/mol. The van der Waals surface area contributed by atoms with Crippen molar-refractivity contribution in [2.75, 3.05) is 11.4 Å². The Bertz CT molecular complexity index is 599. The van der Waals surface area contributed by atoms with E-state index in [0.717, 1.165) is 0 Å². The van der Waals surface area contributed by atoms with Crippen LogP contribution in [0.4, 0.5) is 5.69 Å². The van der Waals surface area contributed by atoms with Crippen LogP contribution in [0.3, 0.4) is 0 Å². The van der Waals surface area contributed by atoms with E-state index in [2.05, 4.69) is 11.8 Å². The molecule has 0 aliphatic carbocycles. The van der Waals surface area contributed by atoms with Gasteiger partial charge < -0.3 is 4.90 Å². The summed E-state index contributed by atoms with van der Waals surface area (Å²) in [5.41, 5.74) is 0.593. The molecule has 0 bridgehead atoms. The number of carbonyl (C=O) groups excluding carboxylic acids is 2. The van der Waals surface area contributed by atoms with Gasteiger partial charge in [0.05, 0.1) is 21.3 Å². The summed E-state index contributed by atoms with van der Waals surface area (Å²) in [6.45, 7) is 2.05. The zero-order valence-electron chi connectivity index (χ0n) is 9.59. The van der Waals surface area contributed by atoms with Crippen molar-refractivity contribution < 1.29 is 9.59 Å². The first-order valence-electron chi connectivity index (χ1n) is 5.31. The van der Waals surface area contributed by atoms with E-state index in [1.54, 1.807) is 13.0 Å². The molecule has 0 atom stereocenters. The minimum atomic E-state index is -0.609. The lowest BCUT2D eigenvalue weighted by molar-refractivity contribution is -0.114. The third kappa shape index (κ3) is 1.98. The molecule has 0 spiro atoms. The number of fused-ring (bicyclic) bond motifs is 1. The van der Waals surface area contributed by atoms with E-state index in [1.165, 1.54) is 11.0 Å². The summed E-state index contributed by atoms with van der Waals surface area (Å²) >= 11 is 12.0. The van der Waals surface area contributed by atoms with Gasteiger partial charge in [-0.2, -0.15) is 0 Å². The molecule has 1 aromatic carbocycles. The third-order valence-corrected chi connectivity index (χ3v) is 3.27. The lowest BCUT2D eigenvalue weighted by Gasteiger charge is -2.16. The first kappa shape index (κ1) is 12.9. The fraction of sp³-hybridized carbons (Fsp3) is 0.231. The van der Waals surface area contributed by atoms with Crippen LogP contribution in [0.15, 0.2) is 12.1 Å². The topological polar surface area (TPSA) is 37.4 Å². The average Bonchev–Trinajstić information content (AvgIpc) is 2.60. The van der Waals surface area contributed by atoms with Gasteiger partial charge in [0.25, 0.3) is 11.7 Å². The lowest BCUT2D eigenvalue weighted by atomic mass is 10.1. The van der Waals surface area contributed by atoms with Crippen LogP contribution in [0.2, 0.25) is 10.0 Å². The van der Waals surface area contributed by atoms with Gasteiger partial charge in [-0.1, -0.05) is 23.2 Å². The van der Waals surface area contributed by atoms with Gasteiger partial charge in [-0.05, 0) is 19.1 Å². The van der Waals surface area contributed by atoms with Crippen LogP contribution in [0.1, 0.15) is 23.7 Å². The molecule has 0 saturated carbocycles. The van der Waals surface area contributed by atoms with E-state index in [0.29, 0.717) is 23.7 Å². The minimum Gasteiger partial charge on any atom is -0.302 e. The first-order valence-corrected chi connectivity index (χ1v) is 6.07. The molecule has 0 aromatic heterocycles. The summed E-state index contributed by atoms with van der Waals surface area (Å²) < 4.78 is 0. The van der Waals surface area contributed by atoms with Gasteiger partial charge in [0.2, 0.25) is 0 Å². The van der Waals surface area contributed by atoms with Gasteiger partial charge in [-0.25, -0.2) is 0 Å². The zero-order valence-corrected chi connectivity index (χ0v) is 11.1. The molecule has 3 nitrogen and oxygen atoms in total. The van der Waals surface area contributed by atoms with Crippen molar-refractivity contribution in [3.8, 4) is 11.8 Å².